The van der Waals surface area contributed by atoms with Gasteiger partial charge in [-0.1, -0.05) is 30.3 Å². The van der Waals surface area contributed by atoms with Gasteiger partial charge < -0.3 is 15.7 Å². The monoisotopic (exact) mass is 282 g/mol. The molecule has 1 rings (SSSR count). The number of hydrogen-bond acceptors (Lipinski definition) is 4. The van der Waals surface area contributed by atoms with Crippen molar-refractivity contribution in [1.82, 2.24) is 10.6 Å². The zero-order valence-electron chi connectivity index (χ0n) is 11.4. The van der Waals surface area contributed by atoms with Crippen molar-refractivity contribution >= 4 is 17.7 Å². The topological polar surface area (TPSA) is 61.4 Å². The van der Waals surface area contributed by atoms with E-state index in [1.807, 2.05) is 43.5 Å². The average molecular weight is 282 g/mol. The van der Waals surface area contributed by atoms with Crippen LogP contribution in [0, 0.1) is 0 Å². The first-order valence-electron chi connectivity index (χ1n) is 6.35. The third-order valence-electron chi connectivity index (χ3n) is 2.96. The summed E-state index contributed by atoms with van der Waals surface area (Å²) in [7, 11) is 0. The van der Waals surface area contributed by atoms with Gasteiger partial charge in [0.2, 0.25) is 5.91 Å². The molecular formula is C14H22N2O2S. The fraction of sp³-hybridized carbons (Fsp3) is 0.500. The van der Waals surface area contributed by atoms with Crippen LogP contribution in [-0.4, -0.2) is 41.7 Å². The number of nitrogens with one attached hydrogen (secondary N) is 2. The number of rotatable bonds is 8. The molecule has 0 spiro atoms. The lowest BCUT2D eigenvalue weighted by molar-refractivity contribution is -0.120. The van der Waals surface area contributed by atoms with E-state index in [4.69, 9.17) is 5.11 Å². The number of hydrogen-bond donors (Lipinski definition) is 3. The molecule has 0 aliphatic heterocycles. The summed E-state index contributed by atoms with van der Waals surface area (Å²) in [5.41, 5.74) is 1.08. The van der Waals surface area contributed by atoms with Crippen molar-refractivity contribution in [2.45, 2.75) is 24.8 Å². The highest BCUT2D eigenvalue weighted by molar-refractivity contribution is 7.99. The lowest BCUT2D eigenvalue weighted by Gasteiger charge is -2.21. The molecule has 19 heavy (non-hydrogen) atoms. The normalized spacial score (nSPS) is 13.8. The molecule has 0 heterocycles. The molecule has 0 fully saturated rings. The zero-order valence-corrected chi connectivity index (χ0v) is 12.2. The summed E-state index contributed by atoms with van der Waals surface area (Å²) in [5.74, 6) is -0.0338. The third-order valence-corrected chi connectivity index (χ3v) is 4.12. The van der Waals surface area contributed by atoms with E-state index in [1.165, 1.54) is 0 Å². The molecule has 2 atom stereocenters. The van der Waals surface area contributed by atoms with Gasteiger partial charge in [-0.25, -0.2) is 0 Å². The van der Waals surface area contributed by atoms with Gasteiger partial charge >= 0.3 is 0 Å². The highest BCUT2D eigenvalue weighted by Crippen LogP contribution is 2.09. The first-order chi connectivity index (χ1) is 9.17. The molecule has 3 N–H and O–H groups in total. The Labute approximate surface area is 119 Å². The van der Waals surface area contributed by atoms with Gasteiger partial charge in [-0.3, -0.25) is 4.79 Å². The minimum absolute atomic E-state index is 0.0338. The maximum absolute atomic E-state index is 11.7. The fourth-order valence-electron chi connectivity index (χ4n) is 1.68. The highest BCUT2D eigenvalue weighted by atomic mass is 32.2. The van der Waals surface area contributed by atoms with Crippen LogP contribution in [0.3, 0.4) is 0 Å². The molecule has 0 radical (unpaired) electrons. The average Bonchev–Trinajstić information content (AvgIpc) is 2.45. The van der Waals surface area contributed by atoms with Crippen molar-refractivity contribution in [3.63, 3.8) is 0 Å². The van der Waals surface area contributed by atoms with Crippen LogP contribution in [0.2, 0.25) is 0 Å². The molecule has 5 heteroatoms. The van der Waals surface area contributed by atoms with Crippen molar-refractivity contribution < 1.29 is 9.90 Å². The Morgan fingerprint density at radius 2 is 2.05 bits per heavy atom. The van der Waals surface area contributed by atoms with Crippen LogP contribution < -0.4 is 10.6 Å². The lowest BCUT2D eigenvalue weighted by atomic mass is 10.2. The van der Waals surface area contributed by atoms with Crippen molar-refractivity contribution in [1.29, 1.82) is 0 Å². The molecule has 4 nitrogen and oxygen atoms in total. The number of amides is 1. The number of carbonyl (C=O) groups is 1. The Morgan fingerprint density at radius 1 is 1.37 bits per heavy atom. The van der Waals surface area contributed by atoms with E-state index in [0.29, 0.717) is 6.54 Å². The van der Waals surface area contributed by atoms with Crippen LogP contribution in [0.15, 0.2) is 30.3 Å². The van der Waals surface area contributed by atoms with Crippen LogP contribution in [-0.2, 0) is 11.3 Å². The minimum atomic E-state index is -0.0338. The molecule has 1 aromatic rings. The first-order valence-corrected chi connectivity index (χ1v) is 7.63. The molecule has 0 saturated heterocycles. The van der Waals surface area contributed by atoms with Crippen molar-refractivity contribution in [2.75, 3.05) is 19.4 Å². The number of aliphatic hydroxyl groups excluding tert-OH is 1. The second kappa shape index (κ2) is 8.96. The largest absolute Gasteiger partial charge is 0.395 e. The Bertz CT molecular complexity index is 369. The summed E-state index contributed by atoms with van der Waals surface area (Å²) in [6, 6.07) is 9.91. The van der Waals surface area contributed by atoms with Crippen LogP contribution in [0.4, 0.5) is 0 Å². The maximum Gasteiger partial charge on any atom is 0.234 e. The summed E-state index contributed by atoms with van der Waals surface area (Å²) < 4.78 is 0. The van der Waals surface area contributed by atoms with Gasteiger partial charge in [0.25, 0.3) is 0 Å². The number of carbonyl (C=O) groups excluding carboxylic acids is 1. The maximum atomic E-state index is 11.7. The molecule has 2 unspecified atom stereocenters. The zero-order chi connectivity index (χ0) is 14.1. The van der Waals surface area contributed by atoms with Gasteiger partial charge in [0.05, 0.1) is 13.2 Å². The predicted octanol–water partition coefficient (Wildman–Crippen LogP) is 1.00. The molecule has 0 aromatic heterocycles. The van der Waals surface area contributed by atoms with E-state index in [-0.39, 0.29) is 30.4 Å². The van der Waals surface area contributed by atoms with Gasteiger partial charge in [-0.05, 0) is 18.7 Å². The SMILES string of the molecule is CSC(CO)C(C)NCC(=O)NCc1ccccc1. The second-order valence-electron chi connectivity index (χ2n) is 4.39. The summed E-state index contributed by atoms with van der Waals surface area (Å²) >= 11 is 1.60. The van der Waals surface area contributed by atoms with Gasteiger partial charge in [0, 0.05) is 17.8 Å². The standard InChI is InChI=1S/C14H22N2O2S/c1-11(13(10-17)19-2)15-9-14(18)16-8-12-6-4-3-5-7-12/h3-7,11,13,15,17H,8-10H2,1-2H3,(H,16,18). The van der Waals surface area contributed by atoms with E-state index in [1.54, 1.807) is 11.8 Å². The van der Waals surface area contributed by atoms with E-state index in [2.05, 4.69) is 10.6 Å². The Kier molecular flexibility index (Phi) is 7.55. The van der Waals surface area contributed by atoms with Crippen LogP contribution >= 0.6 is 11.8 Å². The number of aliphatic hydroxyl groups is 1. The highest BCUT2D eigenvalue weighted by Gasteiger charge is 2.15. The van der Waals surface area contributed by atoms with Gasteiger partial charge in [0.15, 0.2) is 0 Å². The van der Waals surface area contributed by atoms with E-state index in [0.717, 1.165) is 5.56 Å². The number of benzene rings is 1. The van der Waals surface area contributed by atoms with Crippen molar-refractivity contribution in [3.05, 3.63) is 35.9 Å². The molecule has 0 saturated carbocycles. The number of thioether (sulfide) groups is 1. The van der Waals surface area contributed by atoms with Crippen LogP contribution in [0.5, 0.6) is 0 Å². The summed E-state index contributed by atoms with van der Waals surface area (Å²) in [6.07, 6.45) is 1.95. The quantitative estimate of drug-likeness (QED) is 0.666. The Morgan fingerprint density at radius 3 is 2.63 bits per heavy atom. The van der Waals surface area contributed by atoms with Gasteiger partial charge in [-0.15, -0.1) is 0 Å². The molecule has 106 valence electrons. The predicted molar refractivity (Wildman–Crippen MR) is 80.1 cm³/mol. The van der Waals surface area contributed by atoms with Crippen LogP contribution in [0.25, 0.3) is 0 Å². The Hall–Kier alpha value is -1.04. The summed E-state index contributed by atoms with van der Waals surface area (Å²) in [5, 5.41) is 15.3. The minimum Gasteiger partial charge on any atom is -0.395 e. The van der Waals surface area contributed by atoms with Crippen molar-refractivity contribution in [3.8, 4) is 0 Å². The van der Waals surface area contributed by atoms with Crippen molar-refractivity contribution in [2.24, 2.45) is 0 Å². The molecule has 0 aliphatic rings. The third kappa shape index (κ3) is 6.09. The van der Waals surface area contributed by atoms with Gasteiger partial charge in [0.1, 0.15) is 0 Å². The molecular weight excluding hydrogens is 260 g/mol. The fourth-order valence-corrected chi connectivity index (χ4v) is 2.33. The second-order valence-corrected chi connectivity index (χ2v) is 5.47. The van der Waals surface area contributed by atoms with E-state index >= 15 is 0 Å². The Balaban J connectivity index is 2.24. The molecule has 1 aromatic carbocycles. The first kappa shape index (κ1) is 16.0. The summed E-state index contributed by atoms with van der Waals surface area (Å²) in [4.78, 5) is 11.7. The van der Waals surface area contributed by atoms with Gasteiger partial charge in [-0.2, -0.15) is 11.8 Å². The van der Waals surface area contributed by atoms with E-state index < -0.39 is 0 Å². The van der Waals surface area contributed by atoms with E-state index in [9.17, 15) is 4.79 Å². The lowest BCUT2D eigenvalue weighted by Crippen LogP contribution is -2.43. The molecule has 0 bridgehead atoms. The smallest absolute Gasteiger partial charge is 0.234 e. The summed E-state index contributed by atoms with van der Waals surface area (Å²) in [6.45, 7) is 2.90. The molecule has 0 aliphatic carbocycles. The molecule has 1 amide bonds. The van der Waals surface area contributed by atoms with Crippen LogP contribution in [0.1, 0.15) is 12.5 Å².